The van der Waals surface area contributed by atoms with E-state index < -0.39 is 0 Å². The molecule has 0 atom stereocenters. The SMILES string of the molecule is N=C1C=C(c2cc3ccccc3c3ccccc23)C=C(c2cc3ccccc3c3ccccc23)C1=N. The lowest BCUT2D eigenvalue weighted by Crippen LogP contribution is -2.16. The molecule has 1 aliphatic carbocycles. The molecule has 0 radical (unpaired) electrons. The Morgan fingerprint density at radius 2 is 0.861 bits per heavy atom. The van der Waals surface area contributed by atoms with Crippen molar-refractivity contribution in [2.75, 3.05) is 0 Å². The first-order chi connectivity index (χ1) is 17.7. The third-order valence-electron chi connectivity index (χ3n) is 7.28. The van der Waals surface area contributed by atoms with Crippen LogP contribution in [0.25, 0.3) is 54.2 Å². The van der Waals surface area contributed by atoms with E-state index in [2.05, 4.69) is 109 Å². The largest absolute Gasteiger partial charge is 0.299 e. The Kier molecular flexibility index (Phi) is 4.49. The van der Waals surface area contributed by atoms with E-state index in [1.807, 2.05) is 12.1 Å². The Morgan fingerprint density at radius 1 is 0.417 bits per heavy atom. The highest BCUT2D eigenvalue weighted by atomic mass is 14.5. The molecule has 0 aromatic heterocycles. The molecular formula is C34H22N2. The first kappa shape index (κ1) is 20.5. The third-order valence-corrected chi connectivity index (χ3v) is 7.28. The van der Waals surface area contributed by atoms with Gasteiger partial charge in [-0.2, -0.15) is 0 Å². The lowest BCUT2D eigenvalue weighted by Gasteiger charge is -2.20. The van der Waals surface area contributed by atoms with Gasteiger partial charge in [0.05, 0.1) is 11.4 Å². The highest BCUT2D eigenvalue weighted by Gasteiger charge is 2.22. The number of hydrogen-bond acceptors (Lipinski definition) is 2. The predicted octanol–water partition coefficient (Wildman–Crippen LogP) is 8.82. The molecule has 168 valence electrons. The van der Waals surface area contributed by atoms with Gasteiger partial charge in [-0.3, -0.25) is 10.8 Å². The molecule has 0 saturated carbocycles. The van der Waals surface area contributed by atoms with Crippen molar-refractivity contribution >= 4 is 65.7 Å². The van der Waals surface area contributed by atoms with E-state index in [0.29, 0.717) is 0 Å². The van der Waals surface area contributed by atoms with E-state index in [1.54, 1.807) is 0 Å². The second-order valence-electron chi connectivity index (χ2n) is 9.33. The molecule has 0 bridgehead atoms. The molecule has 6 aromatic rings. The molecule has 0 saturated heterocycles. The van der Waals surface area contributed by atoms with Crippen molar-refractivity contribution in [2.45, 2.75) is 0 Å². The molecule has 2 N–H and O–H groups in total. The van der Waals surface area contributed by atoms with E-state index >= 15 is 0 Å². The molecule has 36 heavy (non-hydrogen) atoms. The van der Waals surface area contributed by atoms with E-state index in [4.69, 9.17) is 10.8 Å². The molecule has 0 unspecified atom stereocenters. The maximum Gasteiger partial charge on any atom is 0.0868 e. The molecule has 0 spiro atoms. The van der Waals surface area contributed by atoms with Crippen LogP contribution in [0, 0.1) is 10.8 Å². The van der Waals surface area contributed by atoms with Gasteiger partial charge >= 0.3 is 0 Å². The molecule has 7 rings (SSSR count). The van der Waals surface area contributed by atoms with Crippen molar-refractivity contribution in [3.05, 3.63) is 132 Å². The van der Waals surface area contributed by atoms with Crippen LogP contribution in [-0.4, -0.2) is 11.4 Å². The summed E-state index contributed by atoms with van der Waals surface area (Å²) >= 11 is 0. The number of allylic oxidation sites excluding steroid dienone is 4. The molecule has 2 heteroatoms. The molecule has 0 aliphatic heterocycles. The van der Waals surface area contributed by atoms with Crippen LogP contribution >= 0.6 is 0 Å². The predicted molar refractivity (Wildman–Crippen MR) is 154 cm³/mol. The summed E-state index contributed by atoms with van der Waals surface area (Å²) in [5.74, 6) is 0. The smallest absolute Gasteiger partial charge is 0.0868 e. The van der Waals surface area contributed by atoms with Crippen molar-refractivity contribution < 1.29 is 0 Å². The van der Waals surface area contributed by atoms with Gasteiger partial charge in [-0.25, -0.2) is 0 Å². The second-order valence-corrected chi connectivity index (χ2v) is 9.33. The van der Waals surface area contributed by atoms with Crippen molar-refractivity contribution in [1.29, 1.82) is 10.8 Å². The molecule has 6 aromatic carbocycles. The van der Waals surface area contributed by atoms with Crippen molar-refractivity contribution in [2.24, 2.45) is 0 Å². The monoisotopic (exact) mass is 458 g/mol. The highest BCUT2D eigenvalue weighted by Crippen LogP contribution is 2.39. The molecule has 0 fully saturated rings. The van der Waals surface area contributed by atoms with Gasteiger partial charge in [-0.15, -0.1) is 0 Å². The topological polar surface area (TPSA) is 47.7 Å². The van der Waals surface area contributed by atoms with Crippen LogP contribution in [-0.2, 0) is 0 Å². The minimum Gasteiger partial charge on any atom is -0.299 e. The average molecular weight is 459 g/mol. The summed E-state index contributed by atoms with van der Waals surface area (Å²) in [6.07, 6.45) is 3.94. The van der Waals surface area contributed by atoms with E-state index in [-0.39, 0.29) is 11.4 Å². The fraction of sp³-hybridized carbons (Fsp3) is 0. The van der Waals surface area contributed by atoms with Gasteiger partial charge in [0.2, 0.25) is 0 Å². The zero-order chi connectivity index (χ0) is 24.2. The number of rotatable bonds is 2. The zero-order valence-corrected chi connectivity index (χ0v) is 19.5. The molecule has 1 aliphatic rings. The van der Waals surface area contributed by atoms with Gasteiger partial charge in [0.15, 0.2) is 0 Å². The Hall–Kier alpha value is -4.82. The number of nitrogens with one attached hydrogen (secondary N) is 2. The lowest BCUT2D eigenvalue weighted by molar-refractivity contribution is 1.49. The van der Waals surface area contributed by atoms with E-state index in [0.717, 1.165) is 43.8 Å². The maximum atomic E-state index is 8.88. The van der Waals surface area contributed by atoms with Gasteiger partial charge < -0.3 is 0 Å². The van der Waals surface area contributed by atoms with Gasteiger partial charge in [-0.1, -0.05) is 97.1 Å². The fourth-order valence-corrected chi connectivity index (χ4v) is 5.58. The second kappa shape index (κ2) is 7.86. The van der Waals surface area contributed by atoms with Crippen LogP contribution in [0.3, 0.4) is 0 Å². The van der Waals surface area contributed by atoms with E-state index in [9.17, 15) is 0 Å². The van der Waals surface area contributed by atoms with Crippen LogP contribution in [0.5, 0.6) is 0 Å². The third kappa shape index (κ3) is 3.05. The normalized spacial score (nSPS) is 14.0. The zero-order valence-electron chi connectivity index (χ0n) is 19.5. The van der Waals surface area contributed by atoms with Crippen LogP contribution in [0.1, 0.15) is 11.1 Å². The van der Waals surface area contributed by atoms with Gasteiger partial charge in [0.25, 0.3) is 0 Å². The summed E-state index contributed by atoms with van der Waals surface area (Å²) in [6, 6.07) is 38.1. The first-order valence-corrected chi connectivity index (χ1v) is 12.1. The standard InChI is InChI=1S/C34H22N2/c35-33-20-23(30-17-21-9-1-3-11-24(21)26-13-5-7-15-28(26)30)19-32(34(33)36)31-18-22-10-2-4-12-25(22)27-14-6-8-16-29(27)31/h1-20,35-36H. The fourth-order valence-electron chi connectivity index (χ4n) is 5.58. The lowest BCUT2D eigenvalue weighted by atomic mass is 9.83. The van der Waals surface area contributed by atoms with Crippen molar-refractivity contribution in [3.8, 4) is 0 Å². The van der Waals surface area contributed by atoms with Gasteiger partial charge in [0, 0.05) is 5.57 Å². The van der Waals surface area contributed by atoms with Crippen LogP contribution in [0.2, 0.25) is 0 Å². The maximum absolute atomic E-state index is 8.88. The van der Waals surface area contributed by atoms with Crippen molar-refractivity contribution in [3.63, 3.8) is 0 Å². The molecule has 2 nitrogen and oxygen atoms in total. The number of hydrogen-bond donors (Lipinski definition) is 2. The number of benzene rings is 6. The summed E-state index contributed by atoms with van der Waals surface area (Å²) in [6.45, 7) is 0. The summed E-state index contributed by atoms with van der Waals surface area (Å²) < 4.78 is 0. The quantitative estimate of drug-likeness (QED) is 0.192. The molecule has 0 amide bonds. The summed E-state index contributed by atoms with van der Waals surface area (Å²) in [5.41, 5.74) is 4.32. The summed E-state index contributed by atoms with van der Waals surface area (Å²) in [5, 5.41) is 27.0. The Morgan fingerprint density at radius 3 is 1.44 bits per heavy atom. The first-order valence-electron chi connectivity index (χ1n) is 12.1. The van der Waals surface area contributed by atoms with Crippen LogP contribution in [0.4, 0.5) is 0 Å². The van der Waals surface area contributed by atoms with Gasteiger partial charge in [0.1, 0.15) is 0 Å². The molecular weight excluding hydrogens is 436 g/mol. The average Bonchev–Trinajstić information content (AvgIpc) is 2.93. The minimum absolute atomic E-state index is 0.233. The van der Waals surface area contributed by atoms with Gasteiger partial charge in [-0.05, 0) is 84.1 Å². The Balaban J connectivity index is 1.52. The summed E-state index contributed by atoms with van der Waals surface area (Å²) in [4.78, 5) is 0. The molecule has 0 heterocycles. The van der Waals surface area contributed by atoms with Crippen LogP contribution < -0.4 is 0 Å². The Bertz CT molecular complexity index is 1970. The summed E-state index contributed by atoms with van der Waals surface area (Å²) in [7, 11) is 0. The van der Waals surface area contributed by atoms with Crippen LogP contribution in [0.15, 0.2) is 121 Å². The Labute approximate surface area is 208 Å². The number of fused-ring (bicyclic) bond motifs is 6. The van der Waals surface area contributed by atoms with Crippen molar-refractivity contribution in [1.82, 2.24) is 0 Å². The highest BCUT2D eigenvalue weighted by molar-refractivity contribution is 6.62. The minimum atomic E-state index is 0.233. The van der Waals surface area contributed by atoms with E-state index in [1.165, 1.54) is 21.5 Å².